The first-order valence-corrected chi connectivity index (χ1v) is 12.8. The molecule has 0 aliphatic carbocycles. The lowest BCUT2D eigenvalue weighted by Gasteiger charge is -2.34. The van der Waals surface area contributed by atoms with Crippen LogP contribution in [0.1, 0.15) is 11.1 Å². The van der Waals surface area contributed by atoms with Gasteiger partial charge in [0.25, 0.3) is 0 Å². The lowest BCUT2D eigenvalue weighted by atomic mass is 9.95. The van der Waals surface area contributed by atoms with Crippen molar-refractivity contribution in [3.05, 3.63) is 70.8 Å². The van der Waals surface area contributed by atoms with E-state index < -0.39 is 0 Å². The molecule has 3 fully saturated rings. The number of piperidine rings is 1. The largest absolute Gasteiger partial charge is 0.369 e. The molecule has 6 nitrogen and oxygen atoms in total. The van der Waals surface area contributed by atoms with Gasteiger partial charge >= 0.3 is 0 Å². The predicted octanol–water partition coefficient (Wildman–Crippen LogP) is 2.83. The van der Waals surface area contributed by atoms with E-state index in [9.17, 15) is 4.79 Å². The fourth-order valence-electron chi connectivity index (χ4n) is 5.03. The Bertz CT molecular complexity index is 988. The Balaban J connectivity index is 1.25. The highest BCUT2D eigenvalue weighted by Gasteiger charge is 2.21. The summed E-state index contributed by atoms with van der Waals surface area (Å²) in [6.45, 7) is 9.84. The van der Waals surface area contributed by atoms with Crippen LogP contribution < -0.4 is 15.1 Å². The molecule has 0 saturated carbocycles. The molecule has 2 aromatic carbocycles. The number of carbonyl (C=O) groups is 1. The lowest BCUT2D eigenvalue weighted by Crippen LogP contribution is -2.44. The van der Waals surface area contributed by atoms with Gasteiger partial charge in [0.15, 0.2) is 5.78 Å². The molecule has 6 heteroatoms. The number of hydrogen-bond acceptors (Lipinski definition) is 6. The predicted molar refractivity (Wildman–Crippen MR) is 146 cm³/mol. The van der Waals surface area contributed by atoms with Gasteiger partial charge in [0.2, 0.25) is 0 Å². The van der Waals surface area contributed by atoms with Crippen LogP contribution in [-0.4, -0.2) is 95.1 Å². The van der Waals surface area contributed by atoms with Crippen LogP contribution in [0.4, 0.5) is 11.4 Å². The summed E-state index contributed by atoms with van der Waals surface area (Å²) in [5.74, 6) is 0.148. The van der Waals surface area contributed by atoms with E-state index >= 15 is 0 Å². The Hall–Kier alpha value is -2.93. The molecule has 0 atom stereocenters. The van der Waals surface area contributed by atoms with Gasteiger partial charge in [-0.1, -0.05) is 24.3 Å². The second-order valence-corrected chi connectivity index (χ2v) is 10.0. The summed E-state index contributed by atoms with van der Waals surface area (Å²) in [5, 5.41) is 3.41. The fraction of sp³-hybridized carbons (Fsp3) is 0.414. The lowest BCUT2D eigenvalue weighted by molar-refractivity contribution is -0.112. The maximum absolute atomic E-state index is 13.2. The zero-order valence-corrected chi connectivity index (χ0v) is 21.0. The topological polar surface area (TPSA) is 42.1 Å². The number of nitrogens with zero attached hydrogens (tertiary/aromatic N) is 4. The zero-order chi connectivity index (χ0) is 24.2. The van der Waals surface area contributed by atoms with E-state index in [4.69, 9.17) is 0 Å². The third-order valence-electron chi connectivity index (χ3n) is 7.42. The molecule has 0 aromatic heterocycles. The van der Waals surface area contributed by atoms with Crippen LogP contribution in [-0.2, 0) is 4.79 Å². The summed E-state index contributed by atoms with van der Waals surface area (Å²) < 4.78 is 0. The van der Waals surface area contributed by atoms with Gasteiger partial charge in [0.1, 0.15) is 0 Å². The molecule has 184 valence electrons. The smallest absolute Gasteiger partial charge is 0.187 e. The molecule has 0 radical (unpaired) electrons. The first kappa shape index (κ1) is 23.8. The van der Waals surface area contributed by atoms with Crippen LogP contribution in [0.2, 0.25) is 0 Å². The van der Waals surface area contributed by atoms with Gasteiger partial charge in [-0.3, -0.25) is 4.79 Å². The van der Waals surface area contributed by atoms with Crippen LogP contribution in [0, 0.1) is 0 Å². The maximum atomic E-state index is 13.2. The van der Waals surface area contributed by atoms with Crippen LogP contribution in [0.25, 0.3) is 12.2 Å². The SMILES string of the molecule is CN1CCN(c2ccc(/C=C3\CNC/C(=C\c4ccc(N5CCN(C)CC5)cc4)C3=O)cc2)CC1. The van der Waals surface area contributed by atoms with Crippen molar-refractivity contribution in [3.8, 4) is 0 Å². The summed E-state index contributed by atoms with van der Waals surface area (Å²) in [7, 11) is 4.35. The van der Waals surface area contributed by atoms with Gasteiger partial charge in [-0.25, -0.2) is 0 Å². The number of piperazine rings is 2. The van der Waals surface area contributed by atoms with E-state index in [1.165, 1.54) is 11.4 Å². The Morgan fingerprint density at radius 2 is 0.971 bits per heavy atom. The van der Waals surface area contributed by atoms with Crippen LogP contribution in [0.3, 0.4) is 0 Å². The third-order valence-corrected chi connectivity index (χ3v) is 7.42. The normalized spacial score (nSPS) is 22.9. The van der Waals surface area contributed by atoms with Crippen molar-refractivity contribution >= 4 is 29.3 Å². The molecular weight excluding hydrogens is 434 g/mol. The molecular formula is C29H37N5O. The number of hydrogen-bond donors (Lipinski definition) is 1. The molecule has 35 heavy (non-hydrogen) atoms. The highest BCUT2D eigenvalue weighted by Crippen LogP contribution is 2.22. The van der Waals surface area contributed by atoms with Crippen LogP contribution >= 0.6 is 0 Å². The molecule has 3 heterocycles. The number of anilines is 2. The van der Waals surface area contributed by atoms with E-state index in [2.05, 4.69) is 87.5 Å². The first-order chi connectivity index (χ1) is 17.0. The molecule has 0 unspecified atom stereocenters. The first-order valence-electron chi connectivity index (χ1n) is 12.8. The second kappa shape index (κ2) is 10.8. The summed E-state index contributed by atoms with van der Waals surface area (Å²) in [6.07, 6.45) is 4.07. The minimum Gasteiger partial charge on any atom is -0.369 e. The number of Topliss-reactive ketones (excluding diaryl/α,β-unsaturated/α-hetero) is 1. The van der Waals surface area contributed by atoms with Gasteiger partial charge in [0.05, 0.1) is 0 Å². The highest BCUT2D eigenvalue weighted by atomic mass is 16.1. The number of nitrogens with one attached hydrogen (secondary N) is 1. The van der Waals surface area contributed by atoms with Crippen molar-refractivity contribution in [1.82, 2.24) is 15.1 Å². The van der Waals surface area contributed by atoms with E-state index in [1.807, 2.05) is 12.2 Å². The van der Waals surface area contributed by atoms with Gasteiger partial charge in [-0.2, -0.15) is 0 Å². The van der Waals surface area contributed by atoms with Crippen molar-refractivity contribution in [2.45, 2.75) is 0 Å². The van der Waals surface area contributed by atoms with Crippen molar-refractivity contribution in [3.63, 3.8) is 0 Å². The van der Waals surface area contributed by atoms with Gasteiger partial charge in [-0.05, 0) is 61.6 Å². The second-order valence-electron chi connectivity index (χ2n) is 10.0. The Morgan fingerprint density at radius 1 is 0.600 bits per heavy atom. The number of likely N-dealkylation sites (N-methyl/N-ethyl adjacent to an activating group) is 2. The fourth-order valence-corrected chi connectivity index (χ4v) is 5.03. The van der Waals surface area contributed by atoms with Gasteiger partial charge in [0, 0.05) is 88.0 Å². The molecule has 3 saturated heterocycles. The molecule has 1 N–H and O–H groups in total. The standard InChI is InChI=1S/C29H37N5O/c1-31-11-15-33(16-12-31)27-7-3-23(4-8-27)19-25-21-30-22-26(29(25)35)20-24-5-9-28(10-6-24)34-17-13-32(2)14-18-34/h3-10,19-20,30H,11-18,21-22H2,1-2H3/b25-19+,26-20+. The number of rotatable bonds is 4. The minimum atomic E-state index is 0.148. The van der Waals surface area contributed by atoms with Gasteiger partial charge < -0.3 is 24.9 Å². The Morgan fingerprint density at radius 3 is 1.34 bits per heavy atom. The quantitative estimate of drug-likeness (QED) is 0.692. The number of ketones is 1. The Kier molecular flexibility index (Phi) is 7.32. The van der Waals surface area contributed by atoms with E-state index in [0.717, 1.165) is 74.6 Å². The minimum absolute atomic E-state index is 0.148. The van der Waals surface area contributed by atoms with Crippen molar-refractivity contribution in [2.75, 3.05) is 89.3 Å². The molecule has 0 amide bonds. The molecule has 2 aromatic rings. The summed E-state index contributed by atoms with van der Waals surface area (Å²) >= 11 is 0. The average molecular weight is 472 g/mol. The molecule has 0 bridgehead atoms. The van der Waals surface area contributed by atoms with Crippen molar-refractivity contribution < 1.29 is 4.79 Å². The van der Waals surface area contributed by atoms with E-state index in [1.54, 1.807) is 0 Å². The molecule has 5 rings (SSSR count). The number of benzene rings is 2. The highest BCUT2D eigenvalue weighted by molar-refractivity contribution is 6.14. The monoisotopic (exact) mass is 471 g/mol. The number of carbonyl (C=O) groups excluding carboxylic acids is 1. The van der Waals surface area contributed by atoms with Crippen LogP contribution in [0.5, 0.6) is 0 Å². The van der Waals surface area contributed by atoms with Crippen LogP contribution in [0.15, 0.2) is 59.7 Å². The maximum Gasteiger partial charge on any atom is 0.187 e. The zero-order valence-electron chi connectivity index (χ0n) is 21.0. The average Bonchev–Trinajstić information content (AvgIpc) is 2.88. The summed E-state index contributed by atoms with van der Waals surface area (Å²) in [5.41, 5.74) is 6.31. The van der Waals surface area contributed by atoms with E-state index in [-0.39, 0.29) is 5.78 Å². The Labute approximate surface area is 209 Å². The summed E-state index contributed by atoms with van der Waals surface area (Å²) in [6, 6.07) is 17.2. The molecule has 3 aliphatic rings. The van der Waals surface area contributed by atoms with Crippen molar-refractivity contribution in [2.24, 2.45) is 0 Å². The summed E-state index contributed by atoms with van der Waals surface area (Å²) in [4.78, 5) is 22.8. The van der Waals surface area contributed by atoms with Gasteiger partial charge in [-0.15, -0.1) is 0 Å². The molecule has 0 spiro atoms. The van der Waals surface area contributed by atoms with E-state index in [0.29, 0.717) is 13.1 Å². The third kappa shape index (κ3) is 5.84. The van der Waals surface area contributed by atoms with Crippen molar-refractivity contribution in [1.29, 1.82) is 0 Å². The molecule has 3 aliphatic heterocycles.